The maximum Gasteiger partial charge on any atom is 0.234 e. The van der Waals surface area contributed by atoms with Gasteiger partial charge in [-0.15, -0.1) is 0 Å². The van der Waals surface area contributed by atoms with Gasteiger partial charge in [-0.25, -0.2) is 0 Å². The van der Waals surface area contributed by atoms with Crippen LogP contribution < -0.4 is 9.83 Å². The Labute approximate surface area is 94.6 Å². The van der Waals surface area contributed by atoms with Gasteiger partial charge in [0.25, 0.3) is 0 Å². The number of nitrogens with zero attached hydrogens (tertiary/aromatic N) is 4. The van der Waals surface area contributed by atoms with Gasteiger partial charge in [0, 0.05) is 11.9 Å². The first kappa shape index (κ1) is 10.4. The number of nitrogens with one attached hydrogen (secondary N) is 1. The Morgan fingerprint density at radius 2 is 2.12 bits per heavy atom. The van der Waals surface area contributed by atoms with Crippen molar-refractivity contribution in [2.24, 2.45) is 0 Å². The van der Waals surface area contributed by atoms with Crippen LogP contribution in [0.3, 0.4) is 0 Å². The Bertz CT molecular complexity index is 486. The molecule has 0 atom stereocenters. The molecule has 0 saturated heterocycles. The molecule has 0 fully saturated rings. The van der Waals surface area contributed by atoms with Crippen LogP contribution in [0, 0.1) is 0 Å². The molecular weight excluding hydrogens is 230 g/mol. The highest BCUT2D eigenvalue weighted by molar-refractivity contribution is 7.97. The Hall–Kier alpha value is -2.09. The molecule has 0 radical (unpaired) electrons. The highest BCUT2D eigenvalue weighted by Crippen LogP contribution is 2.14. The molecule has 0 bridgehead atoms. The van der Waals surface area contributed by atoms with E-state index in [1.54, 1.807) is 12.1 Å². The highest BCUT2D eigenvalue weighted by Gasteiger charge is 2.07. The minimum absolute atomic E-state index is 0.315. The van der Waals surface area contributed by atoms with E-state index in [4.69, 9.17) is 0 Å². The van der Waals surface area contributed by atoms with E-state index in [0.29, 0.717) is 5.16 Å². The van der Waals surface area contributed by atoms with E-state index in [2.05, 4.69) is 15.5 Å². The van der Waals surface area contributed by atoms with Crippen LogP contribution >= 0.6 is 11.9 Å². The van der Waals surface area contributed by atoms with Crippen molar-refractivity contribution in [1.29, 1.82) is 0 Å². The monoisotopic (exact) mass is 236 g/mol. The summed E-state index contributed by atoms with van der Waals surface area (Å²) in [5.74, 6) is 0. The third-order valence-electron chi connectivity index (χ3n) is 1.67. The van der Waals surface area contributed by atoms with Crippen molar-refractivity contribution in [2.75, 3.05) is 0 Å². The number of amides is 1. The van der Waals surface area contributed by atoms with Gasteiger partial charge in [-0.05, 0) is 22.6 Å². The van der Waals surface area contributed by atoms with Crippen molar-refractivity contribution >= 4 is 18.0 Å². The second-order valence-corrected chi connectivity index (χ2v) is 3.47. The highest BCUT2D eigenvalue weighted by atomic mass is 32.2. The first-order valence-electron chi connectivity index (χ1n) is 4.25. The van der Waals surface area contributed by atoms with Gasteiger partial charge in [0.15, 0.2) is 0 Å². The number of carbonyl (C=O) groups excluding carboxylic acids is 1. The molecule has 7 nitrogen and oxygen atoms in total. The lowest BCUT2D eigenvalue weighted by atomic mass is 10.3. The van der Waals surface area contributed by atoms with Crippen molar-refractivity contribution in [3.8, 4) is 5.69 Å². The molecule has 0 aliphatic rings. The summed E-state index contributed by atoms with van der Waals surface area (Å²) in [4.78, 5) is 10.2. The molecule has 2 aromatic rings. The van der Waals surface area contributed by atoms with Crippen LogP contribution in [0.25, 0.3) is 5.69 Å². The molecule has 0 unspecified atom stereocenters. The van der Waals surface area contributed by atoms with Crippen LogP contribution in [-0.2, 0) is 0 Å². The summed E-state index contributed by atoms with van der Waals surface area (Å²) < 4.78 is 3.43. The van der Waals surface area contributed by atoms with Gasteiger partial charge >= 0.3 is 0 Å². The molecule has 0 saturated carbocycles. The Morgan fingerprint density at radius 3 is 2.81 bits per heavy atom. The summed E-state index contributed by atoms with van der Waals surface area (Å²) in [6.07, 6.45) is -1.40. The van der Waals surface area contributed by atoms with Crippen LogP contribution in [0.4, 0.5) is 4.79 Å². The average Bonchev–Trinajstić information content (AvgIpc) is 2.75. The summed E-state index contributed by atoms with van der Waals surface area (Å²) in [5, 5.41) is 21.4. The lowest BCUT2D eigenvalue weighted by molar-refractivity contribution is -0.247. The molecule has 8 heteroatoms. The third kappa shape index (κ3) is 2.28. The molecule has 1 amide bonds. The smallest absolute Gasteiger partial charge is 0.234 e. The standard InChI is InChI=1S/C8H7N5O2S/c14-8(15)10-16-7-9-11-12-13(7)6-4-2-1-3-5-6/h1-5,10H,(H,14,15)/p-1. The van der Waals surface area contributed by atoms with Crippen LogP contribution in [-0.4, -0.2) is 26.3 Å². The van der Waals surface area contributed by atoms with Gasteiger partial charge in [-0.1, -0.05) is 23.3 Å². The van der Waals surface area contributed by atoms with Crippen LogP contribution in [0.1, 0.15) is 0 Å². The summed E-state index contributed by atoms with van der Waals surface area (Å²) in [5.41, 5.74) is 0.746. The van der Waals surface area contributed by atoms with Gasteiger partial charge in [0.05, 0.1) is 5.69 Å². The van der Waals surface area contributed by atoms with E-state index in [-0.39, 0.29) is 0 Å². The van der Waals surface area contributed by atoms with Gasteiger partial charge in [0.2, 0.25) is 5.16 Å². The van der Waals surface area contributed by atoms with Gasteiger partial charge < -0.3 is 14.6 Å². The minimum Gasteiger partial charge on any atom is -0.529 e. The number of para-hydroxylation sites is 1. The fourth-order valence-electron chi connectivity index (χ4n) is 1.06. The quantitative estimate of drug-likeness (QED) is 0.728. The molecule has 1 N–H and O–H groups in total. The zero-order chi connectivity index (χ0) is 11.4. The molecular formula is C8H6N5O2S-. The molecule has 1 heterocycles. The summed E-state index contributed by atoms with van der Waals surface area (Å²) in [6.45, 7) is 0. The second kappa shape index (κ2) is 4.62. The average molecular weight is 236 g/mol. The Balaban J connectivity index is 2.23. The predicted molar refractivity (Wildman–Crippen MR) is 53.5 cm³/mol. The zero-order valence-corrected chi connectivity index (χ0v) is 8.72. The van der Waals surface area contributed by atoms with Crippen molar-refractivity contribution in [3.05, 3.63) is 30.3 Å². The van der Waals surface area contributed by atoms with Crippen LogP contribution in [0.15, 0.2) is 35.5 Å². The normalized spacial score (nSPS) is 10.0. The largest absolute Gasteiger partial charge is 0.529 e. The van der Waals surface area contributed by atoms with Crippen molar-refractivity contribution in [1.82, 2.24) is 24.9 Å². The summed E-state index contributed by atoms with van der Waals surface area (Å²) in [7, 11) is 0. The predicted octanol–water partition coefficient (Wildman–Crippen LogP) is -0.398. The first-order valence-corrected chi connectivity index (χ1v) is 5.06. The molecule has 82 valence electrons. The number of hydrogen-bond donors (Lipinski definition) is 1. The fraction of sp³-hybridized carbons (Fsp3) is 0. The maximum atomic E-state index is 10.2. The van der Waals surface area contributed by atoms with Crippen molar-refractivity contribution in [3.63, 3.8) is 0 Å². The van der Waals surface area contributed by atoms with Gasteiger partial charge in [-0.2, -0.15) is 4.68 Å². The van der Waals surface area contributed by atoms with Crippen molar-refractivity contribution in [2.45, 2.75) is 5.16 Å². The Kier molecular flexibility index (Phi) is 3.01. The zero-order valence-electron chi connectivity index (χ0n) is 7.90. The maximum absolute atomic E-state index is 10.2. The lowest BCUT2D eigenvalue weighted by Crippen LogP contribution is -2.32. The van der Waals surface area contributed by atoms with E-state index >= 15 is 0 Å². The molecule has 0 aliphatic carbocycles. The first-order chi connectivity index (χ1) is 7.77. The molecule has 0 aliphatic heterocycles. The van der Waals surface area contributed by atoms with Crippen LogP contribution in [0.2, 0.25) is 0 Å². The minimum atomic E-state index is -1.40. The number of tetrazole rings is 1. The molecule has 1 aromatic carbocycles. The van der Waals surface area contributed by atoms with E-state index in [0.717, 1.165) is 17.6 Å². The molecule has 1 aromatic heterocycles. The fourth-order valence-corrected chi connectivity index (χ4v) is 1.54. The lowest BCUT2D eigenvalue weighted by Gasteiger charge is -2.05. The number of benzene rings is 1. The molecule has 16 heavy (non-hydrogen) atoms. The molecule has 0 spiro atoms. The van der Waals surface area contributed by atoms with Gasteiger partial charge in [-0.3, -0.25) is 0 Å². The third-order valence-corrected chi connectivity index (χ3v) is 2.37. The molecule has 2 rings (SSSR count). The van der Waals surface area contributed by atoms with E-state index < -0.39 is 6.09 Å². The number of carbonyl (C=O) groups is 1. The number of carboxylic acid groups (broad SMARTS) is 1. The van der Waals surface area contributed by atoms with E-state index in [1.165, 1.54) is 4.68 Å². The second-order valence-electron chi connectivity index (χ2n) is 2.70. The number of aromatic nitrogens is 4. The van der Waals surface area contributed by atoms with Crippen molar-refractivity contribution < 1.29 is 9.90 Å². The SMILES string of the molecule is O=C([O-])NSc1nnnn1-c1ccccc1. The van der Waals surface area contributed by atoms with Crippen LogP contribution in [0.5, 0.6) is 0 Å². The number of rotatable bonds is 3. The topological polar surface area (TPSA) is 95.8 Å². The van der Waals surface area contributed by atoms with E-state index in [1.807, 2.05) is 22.9 Å². The van der Waals surface area contributed by atoms with E-state index in [9.17, 15) is 9.90 Å². The Morgan fingerprint density at radius 1 is 1.38 bits per heavy atom. The van der Waals surface area contributed by atoms with Gasteiger partial charge in [0.1, 0.15) is 6.09 Å². The number of hydrogen-bond acceptors (Lipinski definition) is 6. The summed E-state index contributed by atoms with van der Waals surface area (Å²) >= 11 is 0.771. The summed E-state index contributed by atoms with van der Waals surface area (Å²) in [6, 6.07) is 9.13.